The molecule has 0 amide bonds. The minimum absolute atomic E-state index is 0.359. The van der Waals surface area contributed by atoms with Crippen molar-refractivity contribution in [3.05, 3.63) is 22.3 Å². The fraction of sp³-hybridized carbons (Fsp3) is 0.600. The minimum atomic E-state index is 0.359. The second kappa shape index (κ2) is 3.66. The summed E-state index contributed by atoms with van der Waals surface area (Å²) in [5.41, 5.74) is 4.42. The molecular formula is C15H20O2. The Hall–Kier alpha value is -1.18. The van der Waals surface area contributed by atoms with E-state index in [4.69, 9.17) is 4.74 Å². The summed E-state index contributed by atoms with van der Waals surface area (Å²) < 4.78 is 6.15. The number of phenolic OH excluding ortho intramolecular Hbond substituents is 1. The molecule has 0 aromatic heterocycles. The van der Waals surface area contributed by atoms with Gasteiger partial charge in [0, 0.05) is 11.5 Å². The van der Waals surface area contributed by atoms with E-state index in [1.165, 1.54) is 24.8 Å². The third-order valence-electron chi connectivity index (χ3n) is 4.60. The molecule has 0 bridgehead atoms. The first-order valence-corrected chi connectivity index (χ1v) is 6.60. The number of aromatic hydroxyl groups is 1. The summed E-state index contributed by atoms with van der Waals surface area (Å²) in [7, 11) is 0. The molecule has 1 fully saturated rings. The Balaban J connectivity index is 2.19. The first-order valence-electron chi connectivity index (χ1n) is 6.60. The summed E-state index contributed by atoms with van der Waals surface area (Å²) in [5, 5.41) is 10.2. The van der Waals surface area contributed by atoms with Gasteiger partial charge >= 0.3 is 0 Å². The van der Waals surface area contributed by atoms with Crippen LogP contribution in [0, 0.1) is 20.8 Å². The number of phenols is 1. The maximum absolute atomic E-state index is 10.2. The van der Waals surface area contributed by atoms with Crippen molar-refractivity contribution < 1.29 is 9.84 Å². The Bertz CT molecular complexity index is 477. The number of fused-ring (bicyclic) bond motifs is 3. The predicted molar refractivity (Wildman–Crippen MR) is 67.9 cm³/mol. The molecule has 1 aromatic carbocycles. The van der Waals surface area contributed by atoms with E-state index in [-0.39, 0.29) is 0 Å². The molecule has 0 saturated heterocycles. The Kier molecular flexibility index (Phi) is 2.35. The van der Waals surface area contributed by atoms with E-state index in [9.17, 15) is 5.11 Å². The third-order valence-corrected chi connectivity index (χ3v) is 4.60. The second-order valence-corrected chi connectivity index (χ2v) is 5.51. The summed E-state index contributed by atoms with van der Waals surface area (Å²) >= 11 is 0. The van der Waals surface area contributed by atoms with E-state index < -0.39 is 0 Å². The molecule has 2 nitrogen and oxygen atoms in total. The van der Waals surface area contributed by atoms with Crippen molar-refractivity contribution in [3.63, 3.8) is 0 Å². The molecule has 1 N–H and O–H groups in total. The van der Waals surface area contributed by atoms with Crippen LogP contribution in [0.4, 0.5) is 0 Å². The van der Waals surface area contributed by atoms with Gasteiger partial charge in [0.25, 0.3) is 0 Å². The summed E-state index contributed by atoms with van der Waals surface area (Å²) in [6.07, 6.45) is 5.30. The molecule has 0 unspecified atom stereocenters. The van der Waals surface area contributed by atoms with Gasteiger partial charge in [-0.25, -0.2) is 0 Å². The van der Waals surface area contributed by atoms with Crippen molar-refractivity contribution in [1.82, 2.24) is 0 Å². The molecule has 1 aliphatic carbocycles. The Morgan fingerprint density at radius 2 is 1.71 bits per heavy atom. The lowest BCUT2D eigenvalue weighted by Gasteiger charge is -2.24. The van der Waals surface area contributed by atoms with E-state index in [1.807, 2.05) is 13.8 Å². The quantitative estimate of drug-likeness (QED) is 0.738. The zero-order chi connectivity index (χ0) is 12.2. The standard InChI is InChI=1S/C15H20O2/c1-8-9(2)15-13(10(3)14(8)16)11-6-4-5-7-12(11)17-15/h11-12,16H,4-7H2,1-3H3/t11-,12+/m0/s1. The normalized spacial score (nSPS) is 26.3. The lowest BCUT2D eigenvalue weighted by molar-refractivity contribution is 0.163. The minimum Gasteiger partial charge on any atom is -0.507 e. The fourth-order valence-corrected chi connectivity index (χ4v) is 3.45. The van der Waals surface area contributed by atoms with Gasteiger partial charge < -0.3 is 9.84 Å². The van der Waals surface area contributed by atoms with Gasteiger partial charge in [-0.15, -0.1) is 0 Å². The van der Waals surface area contributed by atoms with Gasteiger partial charge in [-0.2, -0.15) is 0 Å². The highest BCUT2D eigenvalue weighted by Crippen LogP contribution is 2.51. The van der Waals surface area contributed by atoms with E-state index in [0.29, 0.717) is 17.8 Å². The Labute approximate surface area is 103 Å². The van der Waals surface area contributed by atoms with Gasteiger partial charge in [0.2, 0.25) is 0 Å². The van der Waals surface area contributed by atoms with Crippen molar-refractivity contribution in [2.45, 2.75) is 58.5 Å². The topological polar surface area (TPSA) is 29.5 Å². The highest BCUT2D eigenvalue weighted by molar-refractivity contribution is 5.60. The van der Waals surface area contributed by atoms with Crippen LogP contribution < -0.4 is 4.74 Å². The van der Waals surface area contributed by atoms with E-state index >= 15 is 0 Å². The van der Waals surface area contributed by atoms with Crippen molar-refractivity contribution in [3.8, 4) is 11.5 Å². The zero-order valence-electron chi connectivity index (χ0n) is 10.8. The number of rotatable bonds is 0. The highest BCUT2D eigenvalue weighted by Gasteiger charge is 2.39. The molecule has 1 aromatic rings. The average molecular weight is 232 g/mol. The fourth-order valence-electron chi connectivity index (χ4n) is 3.45. The number of benzene rings is 1. The molecule has 0 spiro atoms. The van der Waals surface area contributed by atoms with Crippen LogP contribution in [-0.4, -0.2) is 11.2 Å². The van der Waals surface area contributed by atoms with Crippen LogP contribution in [0.3, 0.4) is 0 Å². The number of ether oxygens (including phenoxy) is 1. The molecule has 2 heteroatoms. The van der Waals surface area contributed by atoms with Crippen LogP contribution in [0.1, 0.15) is 53.9 Å². The van der Waals surface area contributed by atoms with E-state index in [1.54, 1.807) is 0 Å². The van der Waals surface area contributed by atoms with Crippen LogP contribution in [0.5, 0.6) is 11.5 Å². The summed E-state index contributed by atoms with van der Waals surface area (Å²) in [6, 6.07) is 0. The molecule has 1 saturated carbocycles. The average Bonchev–Trinajstić information content (AvgIpc) is 2.73. The van der Waals surface area contributed by atoms with Crippen LogP contribution in [0.15, 0.2) is 0 Å². The van der Waals surface area contributed by atoms with E-state index in [0.717, 1.165) is 28.9 Å². The Morgan fingerprint density at radius 1 is 1.00 bits per heavy atom. The van der Waals surface area contributed by atoms with Gasteiger partial charge in [0.1, 0.15) is 17.6 Å². The van der Waals surface area contributed by atoms with Crippen LogP contribution in [0.25, 0.3) is 0 Å². The largest absolute Gasteiger partial charge is 0.507 e. The molecule has 92 valence electrons. The summed E-state index contributed by atoms with van der Waals surface area (Å²) in [4.78, 5) is 0. The van der Waals surface area contributed by atoms with Crippen molar-refractivity contribution in [1.29, 1.82) is 0 Å². The van der Waals surface area contributed by atoms with Crippen molar-refractivity contribution in [2.24, 2.45) is 0 Å². The molecule has 17 heavy (non-hydrogen) atoms. The molecule has 1 aliphatic heterocycles. The monoisotopic (exact) mass is 232 g/mol. The SMILES string of the molecule is Cc1c(C)c2c(c(C)c1O)[C@H]1CCCC[C@H]1O2. The van der Waals surface area contributed by atoms with E-state index in [2.05, 4.69) is 6.92 Å². The van der Waals surface area contributed by atoms with Crippen LogP contribution >= 0.6 is 0 Å². The van der Waals surface area contributed by atoms with Gasteiger partial charge in [0.15, 0.2) is 0 Å². The molecule has 2 atom stereocenters. The predicted octanol–water partition coefficient (Wildman–Crippen LogP) is 3.74. The first-order chi connectivity index (χ1) is 8.11. The van der Waals surface area contributed by atoms with Crippen molar-refractivity contribution >= 4 is 0 Å². The first kappa shape index (κ1) is 10.9. The molecule has 1 heterocycles. The van der Waals surface area contributed by atoms with Crippen molar-refractivity contribution in [2.75, 3.05) is 0 Å². The number of hydrogen-bond acceptors (Lipinski definition) is 2. The molecular weight excluding hydrogens is 212 g/mol. The lowest BCUT2D eigenvalue weighted by Crippen LogP contribution is -2.22. The van der Waals surface area contributed by atoms with Crippen LogP contribution in [-0.2, 0) is 0 Å². The zero-order valence-corrected chi connectivity index (χ0v) is 10.8. The van der Waals surface area contributed by atoms with Gasteiger partial charge in [-0.05, 0) is 56.7 Å². The third kappa shape index (κ3) is 1.39. The molecule has 2 aliphatic rings. The molecule has 3 rings (SSSR count). The maximum atomic E-state index is 10.2. The maximum Gasteiger partial charge on any atom is 0.127 e. The smallest absolute Gasteiger partial charge is 0.127 e. The lowest BCUT2D eigenvalue weighted by atomic mass is 9.80. The summed E-state index contributed by atoms with van der Waals surface area (Å²) in [6.45, 7) is 6.06. The van der Waals surface area contributed by atoms with Gasteiger partial charge in [-0.1, -0.05) is 6.42 Å². The van der Waals surface area contributed by atoms with Gasteiger partial charge in [-0.3, -0.25) is 0 Å². The second-order valence-electron chi connectivity index (χ2n) is 5.51. The highest BCUT2D eigenvalue weighted by atomic mass is 16.5. The molecule has 0 radical (unpaired) electrons. The Morgan fingerprint density at radius 3 is 2.47 bits per heavy atom. The number of hydrogen-bond donors (Lipinski definition) is 1. The summed E-state index contributed by atoms with van der Waals surface area (Å²) in [5.74, 6) is 2.05. The van der Waals surface area contributed by atoms with Crippen LogP contribution in [0.2, 0.25) is 0 Å². The van der Waals surface area contributed by atoms with Gasteiger partial charge in [0.05, 0.1) is 0 Å².